The molecule has 3 N–H and O–H groups in total. The molecule has 2 heterocycles. The Labute approximate surface area is 140 Å². The minimum atomic E-state index is -0.700. The minimum absolute atomic E-state index is 0.0240. The first-order valence-corrected chi connectivity index (χ1v) is 7.71. The molecule has 0 radical (unpaired) electrons. The van der Waals surface area contributed by atoms with Gasteiger partial charge in [0.1, 0.15) is 22.2 Å². The van der Waals surface area contributed by atoms with Crippen molar-refractivity contribution >= 4 is 23.1 Å². The summed E-state index contributed by atoms with van der Waals surface area (Å²) in [7, 11) is 0. The van der Waals surface area contributed by atoms with Crippen LogP contribution in [0.3, 0.4) is 0 Å². The fraction of sp³-hybridized carbons (Fsp3) is 0.0625. The number of pyridine rings is 1. The predicted molar refractivity (Wildman–Crippen MR) is 87.3 cm³/mol. The monoisotopic (exact) mass is 346 g/mol. The van der Waals surface area contributed by atoms with Gasteiger partial charge in [0.2, 0.25) is 0 Å². The van der Waals surface area contributed by atoms with Crippen LogP contribution in [0.1, 0.15) is 15.2 Å². The maximum Gasteiger partial charge on any atom is 0.265 e. The smallest absolute Gasteiger partial charge is 0.265 e. The van der Waals surface area contributed by atoms with Crippen molar-refractivity contribution in [2.75, 3.05) is 5.73 Å². The molecule has 2 aromatic heterocycles. The van der Waals surface area contributed by atoms with Crippen LogP contribution < -0.4 is 11.1 Å². The van der Waals surface area contributed by atoms with Crippen molar-refractivity contribution in [2.24, 2.45) is 0 Å². The molecule has 0 spiro atoms. The highest BCUT2D eigenvalue weighted by molar-refractivity contribution is 7.09. The number of nitrogens with zero attached hydrogens (tertiary/aromatic N) is 2. The Morgan fingerprint density at radius 2 is 1.96 bits per heavy atom. The Balaban J connectivity index is 1.75. The van der Waals surface area contributed by atoms with Crippen molar-refractivity contribution in [1.82, 2.24) is 14.7 Å². The molecule has 0 saturated heterocycles. The van der Waals surface area contributed by atoms with Gasteiger partial charge >= 0.3 is 0 Å². The number of hydrogen-bond acceptors (Lipinski definition) is 5. The molecule has 0 atom stereocenters. The lowest BCUT2D eigenvalue weighted by Crippen LogP contribution is -2.22. The molecular weight excluding hydrogens is 334 g/mol. The maximum absolute atomic E-state index is 13.1. The first-order valence-electron chi connectivity index (χ1n) is 6.94. The molecule has 0 bridgehead atoms. The maximum atomic E-state index is 13.1. The lowest BCUT2D eigenvalue weighted by molar-refractivity contribution is 0.0955. The van der Waals surface area contributed by atoms with Crippen LogP contribution in [-0.2, 0) is 6.54 Å². The molecule has 0 aliphatic carbocycles. The molecule has 3 aromatic rings. The third-order valence-corrected chi connectivity index (χ3v) is 4.08. The van der Waals surface area contributed by atoms with E-state index in [4.69, 9.17) is 5.73 Å². The van der Waals surface area contributed by atoms with Crippen LogP contribution in [0.4, 0.5) is 14.5 Å². The number of nitrogens with two attached hydrogens (primary N) is 1. The molecule has 0 saturated carbocycles. The summed E-state index contributed by atoms with van der Waals surface area (Å²) in [5.41, 5.74) is 7.52. The fourth-order valence-electron chi connectivity index (χ4n) is 2.12. The van der Waals surface area contributed by atoms with Gasteiger partial charge in [0.15, 0.2) is 0 Å². The van der Waals surface area contributed by atoms with Gasteiger partial charge in [0, 0.05) is 18.8 Å². The van der Waals surface area contributed by atoms with E-state index in [-0.39, 0.29) is 17.1 Å². The van der Waals surface area contributed by atoms with Crippen molar-refractivity contribution in [3.63, 3.8) is 0 Å². The van der Waals surface area contributed by atoms with E-state index in [1.54, 1.807) is 24.4 Å². The second kappa shape index (κ2) is 6.71. The minimum Gasteiger partial charge on any atom is -0.396 e. The van der Waals surface area contributed by atoms with Gasteiger partial charge in [-0.25, -0.2) is 8.78 Å². The van der Waals surface area contributed by atoms with Crippen molar-refractivity contribution in [1.29, 1.82) is 0 Å². The zero-order chi connectivity index (χ0) is 17.1. The summed E-state index contributed by atoms with van der Waals surface area (Å²) in [5, 5.41) is 2.57. The number of anilines is 1. The summed E-state index contributed by atoms with van der Waals surface area (Å²) >= 11 is 0.945. The Bertz CT molecular complexity index is 863. The molecule has 3 rings (SSSR count). The molecule has 24 heavy (non-hydrogen) atoms. The Kier molecular flexibility index (Phi) is 4.48. The summed E-state index contributed by atoms with van der Waals surface area (Å²) in [6.07, 6.45) is 1.60. The molecule has 0 fully saturated rings. The van der Waals surface area contributed by atoms with Gasteiger partial charge in [-0.3, -0.25) is 9.78 Å². The standard InChI is InChI=1S/C16H12F2N4OS/c17-10-5-9(6-11(18)7-10)8-21-16(23)15-13(19)14(22-24-15)12-3-1-2-4-20-12/h1-7H,8,19H2,(H,21,23). The van der Waals surface area contributed by atoms with Gasteiger partial charge in [-0.05, 0) is 41.4 Å². The lowest BCUT2D eigenvalue weighted by Gasteiger charge is -2.05. The summed E-state index contributed by atoms with van der Waals surface area (Å²) in [4.78, 5) is 16.6. The van der Waals surface area contributed by atoms with Crippen molar-refractivity contribution in [3.8, 4) is 11.4 Å². The van der Waals surface area contributed by atoms with Crippen LogP contribution >= 0.6 is 11.5 Å². The SMILES string of the molecule is Nc1c(-c2ccccn2)nsc1C(=O)NCc1cc(F)cc(F)c1. The number of carbonyl (C=O) groups is 1. The van der Waals surface area contributed by atoms with Crippen LogP contribution in [0.15, 0.2) is 42.6 Å². The molecule has 1 amide bonds. The Hall–Kier alpha value is -2.87. The van der Waals surface area contributed by atoms with E-state index >= 15 is 0 Å². The van der Waals surface area contributed by atoms with E-state index in [0.717, 1.165) is 29.7 Å². The highest BCUT2D eigenvalue weighted by atomic mass is 32.1. The van der Waals surface area contributed by atoms with Gasteiger partial charge in [-0.15, -0.1) is 0 Å². The number of nitrogen functional groups attached to an aromatic ring is 1. The topological polar surface area (TPSA) is 80.9 Å². The first-order chi connectivity index (χ1) is 11.5. The van der Waals surface area contributed by atoms with Gasteiger partial charge in [-0.2, -0.15) is 4.37 Å². The summed E-state index contributed by atoms with van der Waals surface area (Å²) in [6.45, 7) is -0.0240. The van der Waals surface area contributed by atoms with E-state index in [2.05, 4.69) is 14.7 Å². The molecule has 0 aliphatic heterocycles. The van der Waals surface area contributed by atoms with Crippen molar-refractivity contribution in [3.05, 3.63) is 64.7 Å². The molecule has 5 nitrogen and oxygen atoms in total. The molecular formula is C16H12F2N4OS. The largest absolute Gasteiger partial charge is 0.396 e. The number of amides is 1. The molecule has 0 unspecified atom stereocenters. The summed E-state index contributed by atoms with van der Waals surface area (Å²) in [6, 6.07) is 8.36. The Morgan fingerprint density at radius 3 is 2.62 bits per heavy atom. The predicted octanol–water partition coefficient (Wildman–Crippen LogP) is 3.00. The number of carbonyl (C=O) groups excluding carboxylic acids is 1. The van der Waals surface area contributed by atoms with E-state index in [1.807, 2.05) is 0 Å². The molecule has 8 heteroatoms. The zero-order valence-electron chi connectivity index (χ0n) is 12.3. The zero-order valence-corrected chi connectivity index (χ0v) is 13.1. The van der Waals surface area contributed by atoms with Crippen molar-refractivity contribution < 1.29 is 13.6 Å². The molecule has 1 aromatic carbocycles. The summed E-state index contributed by atoms with van der Waals surface area (Å²) < 4.78 is 30.4. The van der Waals surface area contributed by atoms with E-state index in [9.17, 15) is 13.6 Å². The van der Waals surface area contributed by atoms with Gasteiger partial charge in [0.05, 0.1) is 11.4 Å². The normalized spacial score (nSPS) is 10.6. The highest BCUT2D eigenvalue weighted by Crippen LogP contribution is 2.29. The number of rotatable bonds is 4. The van der Waals surface area contributed by atoms with Crippen LogP contribution in [0.2, 0.25) is 0 Å². The van der Waals surface area contributed by atoms with Crippen LogP contribution in [0.5, 0.6) is 0 Å². The van der Waals surface area contributed by atoms with Crippen molar-refractivity contribution in [2.45, 2.75) is 6.54 Å². The van der Waals surface area contributed by atoms with E-state index in [1.165, 1.54) is 0 Å². The van der Waals surface area contributed by atoms with E-state index in [0.29, 0.717) is 17.0 Å². The quantitative estimate of drug-likeness (QED) is 0.761. The van der Waals surface area contributed by atoms with Crippen LogP contribution in [-0.4, -0.2) is 15.3 Å². The number of halogens is 2. The number of benzene rings is 1. The first kappa shape index (κ1) is 16.0. The third kappa shape index (κ3) is 3.38. The highest BCUT2D eigenvalue weighted by Gasteiger charge is 2.19. The van der Waals surface area contributed by atoms with Gasteiger partial charge in [0.25, 0.3) is 5.91 Å². The average molecular weight is 346 g/mol. The molecule has 0 aliphatic rings. The Morgan fingerprint density at radius 1 is 1.21 bits per heavy atom. The third-order valence-electron chi connectivity index (χ3n) is 3.22. The second-order valence-corrected chi connectivity index (χ2v) is 5.72. The second-order valence-electron chi connectivity index (χ2n) is 4.95. The average Bonchev–Trinajstić information content (AvgIpc) is 2.94. The summed E-state index contributed by atoms with van der Waals surface area (Å²) in [5.74, 6) is -1.86. The lowest BCUT2D eigenvalue weighted by atomic mass is 10.2. The number of hydrogen-bond donors (Lipinski definition) is 2. The number of aromatic nitrogens is 2. The van der Waals surface area contributed by atoms with Gasteiger partial charge in [-0.1, -0.05) is 6.07 Å². The van der Waals surface area contributed by atoms with Crippen LogP contribution in [0, 0.1) is 11.6 Å². The molecule has 122 valence electrons. The fourth-order valence-corrected chi connectivity index (χ4v) is 2.85. The van der Waals surface area contributed by atoms with Crippen LogP contribution in [0.25, 0.3) is 11.4 Å². The van der Waals surface area contributed by atoms with Gasteiger partial charge < -0.3 is 11.1 Å². The van der Waals surface area contributed by atoms with E-state index < -0.39 is 17.5 Å². The number of nitrogens with one attached hydrogen (secondary N) is 1.